The van der Waals surface area contributed by atoms with Gasteiger partial charge in [-0.05, 0) is 97.2 Å². The third kappa shape index (κ3) is 4.18. The number of allylic oxidation sites excluding steroid dienone is 2. The molecule has 1 heterocycles. The molecule has 0 saturated carbocycles. The molecule has 3 unspecified atom stereocenters. The standard InChI is InChI=1S/C27H28N2O2S2/c1-17-7-10-20(15-18(17)2)29-33(30,31)22-13-14-26-25(16-22)23-5-4-6-24(23)27(28-26)19-8-11-21(32-3)12-9-19/h4-5,7-16,23-24,27-29H,6H2,1-3H3. The predicted octanol–water partition coefficient (Wildman–Crippen LogP) is 6.65. The molecule has 3 aromatic rings. The first-order chi connectivity index (χ1) is 15.9. The Kier molecular flexibility index (Phi) is 5.75. The van der Waals surface area contributed by atoms with Gasteiger partial charge in [-0.15, -0.1) is 11.8 Å². The first kappa shape index (κ1) is 22.1. The van der Waals surface area contributed by atoms with Crippen molar-refractivity contribution in [2.45, 2.75) is 42.0 Å². The van der Waals surface area contributed by atoms with Crippen LogP contribution in [0.1, 0.15) is 40.6 Å². The van der Waals surface area contributed by atoms with E-state index >= 15 is 0 Å². The molecule has 5 rings (SSSR count). The Morgan fingerprint density at radius 1 is 0.970 bits per heavy atom. The van der Waals surface area contributed by atoms with Crippen LogP contribution < -0.4 is 10.0 Å². The van der Waals surface area contributed by atoms with Crippen molar-refractivity contribution < 1.29 is 8.42 Å². The van der Waals surface area contributed by atoms with Crippen LogP contribution in [0.25, 0.3) is 0 Å². The third-order valence-electron chi connectivity index (χ3n) is 6.88. The van der Waals surface area contributed by atoms with Crippen molar-refractivity contribution >= 4 is 33.2 Å². The molecule has 0 bridgehead atoms. The molecule has 0 radical (unpaired) electrons. The summed E-state index contributed by atoms with van der Waals surface area (Å²) in [6.07, 6.45) is 7.52. The van der Waals surface area contributed by atoms with Crippen molar-refractivity contribution in [1.29, 1.82) is 0 Å². The molecule has 0 amide bonds. The summed E-state index contributed by atoms with van der Waals surface area (Å²) in [6.45, 7) is 4.00. The van der Waals surface area contributed by atoms with Gasteiger partial charge in [0.1, 0.15) is 0 Å². The third-order valence-corrected chi connectivity index (χ3v) is 9.00. The number of aryl methyl sites for hydroxylation is 2. The maximum atomic E-state index is 13.2. The van der Waals surface area contributed by atoms with E-state index in [0.717, 1.165) is 28.8 Å². The zero-order valence-corrected chi connectivity index (χ0v) is 20.6. The molecule has 3 atom stereocenters. The van der Waals surface area contributed by atoms with E-state index in [1.807, 2.05) is 44.2 Å². The molecule has 3 aromatic carbocycles. The minimum absolute atomic E-state index is 0.197. The van der Waals surface area contributed by atoms with E-state index < -0.39 is 10.0 Å². The van der Waals surface area contributed by atoms with Gasteiger partial charge >= 0.3 is 0 Å². The fourth-order valence-electron chi connectivity index (χ4n) is 4.90. The molecule has 2 aliphatic rings. The number of hydrogen-bond acceptors (Lipinski definition) is 4. The van der Waals surface area contributed by atoms with Crippen LogP contribution in [0.3, 0.4) is 0 Å². The van der Waals surface area contributed by atoms with E-state index in [2.05, 4.69) is 52.7 Å². The second-order valence-electron chi connectivity index (χ2n) is 8.90. The Balaban J connectivity index is 1.46. The number of anilines is 2. The van der Waals surface area contributed by atoms with Crippen LogP contribution in [0.15, 0.2) is 82.6 Å². The maximum absolute atomic E-state index is 13.2. The van der Waals surface area contributed by atoms with Crippen molar-refractivity contribution in [3.05, 3.63) is 95.1 Å². The Bertz CT molecular complexity index is 1330. The normalized spacial score (nSPS) is 21.2. The van der Waals surface area contributed by atoms with Crippen molar-refractivity contribution in [2.75, 3.05) is 16.3 Å². The molecular weight excluding hydrogens is 448 g/mol. The highest BCUT2D eigenvalue weighted by Crippen LogP contribution is 2.50. The number of benzene rings is 3. The fraction of sp³-hybridized carbons (Fsp3) is 0.259. The van der Waals surface area contributed by atoms with E-state index in [0.29, 0.717) is 16.5 Å². The lowest BCUT2D eigenvalue weighted by atomic mass is 9.77. The van der Waals surface area contributed by atoms with Gasteiger partial charge in [-0.3, -0.25) is 4.72 Å². The number of nitrogens with one attached hydrogen (secondary N) is 2. The lowest BCUT2D eigenvalue weighted by Crippen LogP contribution is -2.29. The van der Waals surface area contributed by atoms with Gasteiger partial charge < -0.3 is 5.32 Å². The summed E-state index contributed by atoms with van der Waals surface area (Å²) in [7, 11) is -3.68. The van der Waals surface area contributed by atoms with Gasteiger partial charge in [-0.2, -0.15) is 0 Å². The summed E-state index contributed by atoms with van der Waals surface area (Å²) < 4.78 is 29.1. The number of thioether (sulfide) groups is 1. The molecule has 2 N–H and O–H groups in total. The Labute approximate surface area is 200 Å². The molecule has 4 nitrogen and oxygen atoms in total. The van der Waals surface area contributed by atoms with Crippen LogP contribution in [0, 0.1) is 19.8 Å². The Morgan fingerprint density at radius 3 is 2.48 bits per heavy atom. The quantitative estimate of drug-likeness (QED) is 0.320. The van der Waals surface area contributed by atoms with E-state index in [-0.39, 0.29) is 12.0 Å². The van der Waals surface area contributed by atoms with Crippen LogP contribution >= 0.6 is 11.8 Å². The number of rotatable bonds is 5. The lowest BCUT2D eigenvalue weighted by molar-refractivity contribution is 0.425. The minimum Gasteiger partial charge on any atom is -0.378 e. The number of hydrogen-bond donors (Lipinski definition) is 2. The second-order valence-corrected chi connectivity index (χ2v) is 11.5. The van der Waals surface area contributed by atoms with Gasteiger partial charge in [0.25, 0.3) is 10.0 Å². The SMILES string of the molecule is CSc1ccc(C2Nc3ccc(S(=O)(=O)Nc4ccc(C)c(C)c4)cc3C3C=CCC32)cc1. The molecule has 0 saturated heterocycles. The fourth-order valence-corrected chi connectivity index (χ4v) is 6.39. The van der Waals surface area contributed by atoms with Gasteiger partial charge in [-0.1, -0.05) is 30.4 Å². The van der Waals surface area contributed by atoms with Crippen LogP contribution in [-0.4, -0.2) is 14.7 Å². The molecule has 170 valence electrons. The van der Waals surface area contributed by atoms with Crippen molar-refractivity contribution in [1.82, 2.24) is 0 Å². The average molecular weight is 477 g/mol. The zero-order valence-electron chi connectivity index (χ0n) is 19.0. The van der Waals surface area contributed by atoms with Gasteiger partial charge in [0.05, 0.1) is 10.9 Å². The minimum atomic E-state index is -3.68. The number of fused-ring (bicyclic) bond motifs is 3. The summed E-state index contributed by atoms with van der Waals surface area (Å²) in [5.41, 5.74) is 6.10. The molecule has 0 aromatic heterocycles. The largest absolute Gasteiger partial charge is 0.378 e. The van der Waals surface area contributed by atoms with Gasteiger partial charge in [0, 0.05) is 22.2 Å². The summed E-state index contributed by atoms with van der Waals surface area (Å²) in [5, 5.41) is 3.70. The molecule has 6 heteroatoms. The topological polar surface area (TPSA) is 58.2 Å². The maximum Gasteiger partial charge on any atom is 0.261 e. The average Bonchev–Trinajstić information content (AvgIpc) is 3.31. The van der Waals surface area contributed by atoms with E-state index in [9.17, 15) is 8.42 Å². The monoisotopic (exact) mass is 476 g/mol. The highest BCUT2D eigenvalue weighted by atomic mass is 32.2. The van der Waals surface area contributed by atoms with Gasteiger partial charge in [0.2, 0.25) is 0 Å². The Hall–Kier alpha value is -2.70. The van der Waals surface area contributed by atoms with Crippen molar-refractivity contribution in [3.63, 3.8) is 0 Å². The first-order valence-electron chi connectivity index (χ1n) is 11.2. The second kappa shape index (κ2) is 8.58. The van der Waals surface area contributed by atoms with Gasteiger partial charge in [0.15, 0.2) is 0 Å². The molecule has 1 aliphatic heterocycles. The predicted molar refractivity (Wildman–Crippen MR) is 138 cm³/mol. The van der Waals surface area contributed by atoms with Crippen molar-refractivity contribution in [3.8, 4) is 0 Å². The highest BCUT2D eigenvalue weighted by molar-refractivity contribution is 7.98. The molecule has 33 heavy (non-hydrogen) atoms. The highest BCUT2D eigenvalue weighted by Gasteiger charge is 2.38. The summed E-state index contributed by atoms with van der Waals surface area (Å²) in [6, 6.07) is 20.0. The first-order valence-corrected chi connectivity index (χ1v) is 13.9. The van der Waals surface area contributed by atoms with E-state index in [1.165, 1.54) is 10.5 Å². The molecule has 0 fully saturated rings. The summed E-state index contributed by atoms with van der Waals surface area (Å²) in [4.78, 5) is 1.55. The molecular formula is C27H28N2O2S2. The molecule has 0 spiro atoms. The van der Waals surface area contributed by atoms with Crippen molar-refractivity contribution in [2.24, 2.45) is 5.92 Å². The van der Waals surface area contributed by atoms with Crippen LogP contribution in [-0.2, 0) is 10.0 Å². The van der Waals surface area contributed by atoms with Crippen LogP contribution in [0.4, 0.5) is 11.4 Å². The molecule has 1 aliphatic carbocycles. The zero-order chi connectivity index (χ0) is 23.2. The summed E-state index contributed by atoms with van der Waals surface area (Å²) >= 11 is 1.74. The van der Waals surface area contributed by atoms with Crippen LogP contribution in [0.5, 0.6) is 0 Å². The lowest BCUT2D eigenvalue weighted by Gasteiger charge is -2.37. The summed E-state index contributed by atoms with van der Waals surface area (Å²) in [5.74, 6) is 0.562. The van der Waals surface area contributed by atoms with E-state index in [4.69, 9.17) is 0 Å². The smallest absolute Gasteiger partial charge is 0.261 e. The van der Waals surface area contributed by atoms with Gasteiger partial charge in [-0.25, -0.2) is 8.42 Å². The van der Waals surface area contributed by atoms with E-state index in [1.54, 1.807) is 17.8 Å². The number of sulfonamides is 1. The van der Waals surface area contributed by atoms with Crippen LogP contribution in [0.2, 0.25) is 0 Å². The Morgan fingerprint density at radius 2 is 1.76 bits per heavy atom.